The predicted octanol–water partition coefficient (Wildman–Crippen LogP) is 5.39. The average molecular weight is 625 g/mol. The molecule has 0 aliphatic carbocycles. The molecule has 0 bridgehead atoms. The van der Waals surface area contributed by atoms with Crippen molar-refractivity contribution in [3.63, 3.8) is 0 Å². The molecule has 7 nitrogen and oxygen atoms in total. The molecule has 0 radical (unpaired) electrons. The average Bonchev–Trinajstić information content (AvgIpc) is 3.57. The van der Waals surface area contributed by atoms with Gasteiger partial charge in [0.15, 0.2) is 0 Å². The molecular weight excluding hydrogens is 601 g/mol. The van der Waals surface area contributed by atoms with Crippen molar-refractivity contribution in [2.24, 2.45) is 5.10 Å². The van der Waals surface area contributed by atoms with E-state index in [1.165, 1.54) is 16.4 Å². The summed E-state index contributed by atoms with van der Waals surface area (Å²) < 4.78 is 19.7. The van der Waals surface area contributed by atoms with Gasteiger partial charge >= 0.3 is 169 Å². The summed E-state index contributed by atoms with van der Waals surface area (Å²) in [5, 5.41) is 10.1. The van der Waals surface area contributed by atoms with Crippen LogP contribution >= 0.6 is 15.9 Å². The van der Waals surface area contributed by atoms with Crippen LogP contribution in [0.3, 0.4) is 0 Å². The fraction of sp³-hybridized carbons (Fsp3) is 0.179. The van der Waals surface area contributed by atoms with Crippen molar-refractivity contribution in [3.8, 4) is 17.0 Å². The van der Waals surface area contributed by atoms with Gasteiger partial charge in [-0.15, -0.1) is 0 Å². The van der Waals surface area contributed by atoms with Crippen molar-refractivity contribution in [3.05, 3.63) is 101 Å². The van der Waals surface area contributed by atoms with Crippen LogP contribution < -0.4 is 9.20 Å². The van der Waals surface area contributed by atoms with E-state index in [1.54, 1.807) is 0 Å². The second kappa shape index (κ2) is 11.3. The number of carbonyl (C=O) groups excluding carboxylic acids is 1. The number of halogens is 1. The van der Waals surface area contributed by atoms with E-state index in [1.807, 2.05) is 72.8 Å². The number of ether oxygens (including phenoxy) is 2. The molecule has 9 heteroatoms. The summed E-state index contributed by atoms with van der Waals surface area (Å²) >= 11 is 3.60. The second-order valence-corrected chi connectivity index (χ2v) is 12.4. The van der Waals surface area contributed by atoms with Crippen molar-refractivity contribution < 1.29 is 18.8 Å². The molecule has 1 amide bonds. The Balaban J connectivity index is 1.21. The Kier molecular flexibility index (Phi) is 7.74. The molecule has 188 valence electrons. The Hall–Kier alpha value is -3.39. The van der Waals surface area contributed by atoms with E-state index in [2.05, 4.69) is 45.2 Å². The van der Waals surface area contributed by atoms with Crippen LogP contribution in [-0.2, 0) is 16.1 Å². The molecule has 5 rings (SSSR count). The van der Waals surface area contributed by atoms with E-state index in [0.717, 1.165) is 21.3 Å². The van der Waals surface area contributed by atoms with Crippen LogP contribution in [-0.4, -0.2) is 43.2 Å². The van der Waals surface area contributed by atoms with Gasteiger partial charge in [-0.05, 0) is 12.1 Å². The first-order chi connectivity index (χ1) is 18.0. The third kappa shape index (κ3) is 6.13. The molecule has 0 saturated carbocycles. The normalized spacial score (nSPS) is 15.7. The van der Waals surface area contributed by atoms with Crippen molar-refractivity contribution in [2.75, 3.05) is 0 Å². The van der Waals surface area contributed by atoms with Crippen molar-refractivity contribution in [2.45, 2.75) is 31.5 Å². The summed E-state index contributed by atoms with van der Waals surface area (Å²) in [7, 11) is 0. The predicted molar refractivity (Wildman–Crippen MR) is 146 cm³/mol. The molecule has 0 saturated heterocycles. The van der Waals surface area contributed by atoms with Gasteiger partial charge in [-0.2, -0.15) is 0 Å². The molecule has 1 aromatic heterocycles. The molecule has 0 spiro atoms. The molecule has 3 aromatic carbocycles. The molecule has 37 heavy (non-hydrogen) atoms. The van der Waals surface area contributed by atoms with Gasteiger partial charge in [0.2, 0.25) is 0 Å². The SMILES string of the molecule is CC(=O)N1N=C(c2ccc(OCc3cc(-c4cccc(Br)c4)no3)cc2)OC1C(C)[Se]c1ccccc1. The van der Waals surface area contributed by atoms with Crippen molar-refractivity contribution >= 4 is 47.2 Å². The number of hydrazone groups is 1. The zero-order valence-corrected chi connectivity index (χ0v) is 23.5. The summed E-state index contributed by atoms with van der Waals surface area (Å²) in [5.41, 5.74) is 2.49. The number of aromatic nitrogens is 1. The van der Waals surface area contributed by atoms with Gasteiger partial charge in [0.05, 0.1) is 0 Å². The van der Waals surface area contributed by atoms with Crippen LogP contribution in [0.1, 0.15) is 25.2 Å². The second-order valence-electron chi connectivity index (χ2n) is 8.42. The van der Waals surface area contributed by atoms with Gasteiger partial charge in [-0.25, -0.2) is 0 Å². The van der Waals surface area contributed by atoms with Crippen LogP contribution in [0.5, 0.6) is 5.75 Å². The Morgan fingerprint density at radius 3 is 2.57 bits per heavy atom. The van der Waals surface area contributed by atoms with E-state index in [0.29, 0.717) is 17.4 Å². The minimum absolute atomic E-state index is 0.117. The molecule has 2 heterocycles. The van der Waals surface area contributed by atoms with Crippen LogP contribution in [0, 0.1) is 0 Å². The Morgan fingerprint density at radius 1 is 1.05 bits per heavy atom. The summed E-state index contributed by atoms with van der Waals surface area (Å²) in [6.45, 7) is 3.85. The van der Waals surface area contributed by atoms with Crippen LogP contribution in [0.25, 0.3) is 11.3 Å². The van der Waals surface area contributed by atoms with Crippen LogP contribution in [0.15, 0.2) is 99.0 Å². The van der Waals surface area contributed by atoms with E-state index in [9.17, 15) is 4.79 Å². The van der Waals surface area contributed by atoms with E-state index >= 15 is 0 Å². The van der Waals surface area contributed by atoms with Crippen molar-refractivity contribution in [1.29, 1.82) is 0 Å². The Bertz CT molecular complexity index is 1410. The van der Waals surface area contributed by atoms with Crippen molar-refractivity contribution in [1.82, 2.24) is 10.2 Å². The molecule has 0 fully saturated rings. The number of nitrogens with zero attached hydrogens (tertiary/aromatic N) is 3. The van der Waals surface area contributed by atoms with Crippen LogP contribution in [0.4, 0.5) is 0 Å². The first kappa shape index (κ1) is 25.3. The quantitative estimate of drug-likeness (QED) is 0.246. The first-order valence-electron chi connectivity index (χ1n) is 11.7. The maximum absolute atomic E-state index is 12.3. The number of hydrogen-bond acceptors (Lipinski definition) is 6. The Morgan fingerprint density at radius 2 is 1.84 bits per heavy atom. The molecule has 1 aliphatic rings. The summed E-state index contributed by atoms with van der Waals surface area (Å²) in [6.07, 6.45) is -0.436. The monoisotopic (exact) mass is 625 g/mol. The molecule has 1 aliphatic heterocycles. The van der Waals surface area contributed by atoms with Crippen LogP contribution in [0.2, 0.25) is 4.82 Å². The number of carbonyl (C=O) groups is 1. The molecule has 0 N–H and O–H groups in total. The first-order valence-corrected chi connectivity index (χ1v) is 14.3. The number of amides is 1. The maximum atomic E-state index is 12.3. The van der Waals surface area contributed by atoms with E-state index in [-0.39, 0.29) is 32.3 Å². The number of rotatable bonds is 8. The summed E-state index contributed by atoms with van der Waals surface area (Å²) in [5.74, 6) is 1.57. The zero-order chi connectivity index (χ0) is 25.8. The third-order valence-corrected chi connectivity index (χ3v) is 8.53. The van der Waals surface area contributed by atoms with Gasteiger partial charge < -0.3 is 0 Å². The number of benzene rings is 3. The number of hydrogen-bond donors (Lipinski definition) is 0. The van der Waals surface area contributed by atoms with E-state index < -0.39 is 6.23 Å². The topological polar surface area (TPSA) is 77.2 Å². The fourth-order valence-corrected chi connectivity index (χ4v) is 6.36. The summed E-state index contributed by atoms with van der Waals surface area (Å²) in [6, 6.07) is 27.4. The molecule has 4 aromatic rings. The molecule has 2 unspecified atom stereocenters. The van der Waals surface area contributed by atoms with E-state index in [4.69, 9.17) is 14.0 Å². The standard InChI is InChI=1S/C28H24BrN3O4Se/c1-18(37-25-9-4-3-5-10-25)28-32(19(2)33)30-27(35-28)20-11-13-23(14-12-20)34-17-24-16-26(31-36-24)21-7-6-8-22(29)15-21/h3-16,18,28H,17H2,1-2H3. The molecule has 2 atom stereocenters. The van der Waals surface area contributed by atoms with Gasteiger partial charge in [0.1, 0.15) is 5.69 Å². The van der Waals surface area contributed by atoms with Gasteiger partial charge in [-0.3, -0.25) is 0 Å². The van der Waals surface area contributed by atoms with Gasteiger partial charge in [-0.1, -0.05) is 33.2 Å². The minimum atomic E-state index is -0.436. The third-order valence-electron chi connectivity index (χ3n) is 5.62. The Labute approximate surface area is 229 Å². The summed E-state index contributed by atoms with van der Waals surface area (Å²) in [4.78, 5) is 12.4. The molecular formula is C28H24BrN3O4Se. The van der Waals surface area contributed by atoms with Gasteiger partial charge in [0, 0.05) is 10.0 Å². The van der Waals surface area contributed by atoms with Gasteiger partial charge in [0.25, 0.3) is 0 Å². The zero-order valence-electron chi connectivity index (χ0n) is 20.2. The fourth-order valence-electron chi connectivity index (χ4n) is 3.80.